The van der Waals surface area contributed by atoms with Gasteiger partial charge in [-0.15, -0.1) is 0 Å². The van der Waals surface area contributed by atoms with Crippen molar-refractivity contribution in [1.82, 2.24) is 0 Å². The van der Waals surface area contributed by atoms with Crippen LogP contribution in [0.4, 0.5) is 17.1 Å². The Morgan fingerprint density at radius 2 is 1.66 bits per heavy atom. The number of nitrogens with zero attached hydrogens (tertiary/aromatic N) is 2. The molecule has 0 aliphatic carbocycles. The molecule has 0 aliphatic heterocycles. The van der Waals surface area contributed by atoms with Crippen molar-refractivity contribution in [3.63, 3.8) is 0 Å². The number of rotatable bonds is 8. The molecule has 0 aliphatic rings. The highest BCUT2D eigenvalue weighted by Gasteiger charge is 2.31. The van der Waals surface area contributed by atoms with E-state index in [1.807, 2.05) is 0 Å². The predicted molar refractivity (Wildman–Crippen MR) is 135 cm³/mol. The molecule has 3 rings (SSSR count). The largest absolute Gasteiger partial charge is 0.495 e. The number of nitro groups is 1. The molecule has 0 heterocycles. The highest BCUT2D eigenvalue weighted by Crippen LogP contribution is 2.36. The van der Waals surface area contributed by atoms with Crippen LogP contribution in [0.2, 0.25) is 10.0 Å². The van der Waals surface area contributed by atoms with Gasteiger partial charge in [0.05, 0.1) is 22.6 Å². The van der Waals surface area contributed by atoms with E-state index < -0.39 is 27.4 Å². The Balaban J connectivity index is 2.11. The van der Waals surface area contributed by atoms with Gasteiger partial charge in [0, 0.05) is 27.4 Å². The Bertz CT molecular complexity index is 1410. The molecule has 184 valence electrons. The van der Waals surface area contributed by atoms with Gasteiger partial charge in [0.25, 0.3) is 15.7 Å². The molecule has 0 radical (unpaired) electrons. The predicted octanol–water partition coefficient (Wildman–Crippen LogP) is 5.36. The summed E-state index contributed by atoms with van der Waals surface area (Å²) in [5.41, 5.74) is 1.02. The zero-order chi connectivity index (χ0) is 25.9. The highest BCUT2D eigenvalue weighted by atomic mass is 35.5. The SMILES string of the molecule is COc1ccc(Cl)cc1N(CC(=O)Nc1cc(Cl)ccc1C)S(=O)(=O)c1ccc(C)c([N+](=O)[O-])c1. The summed E-state index contributed by atoms with van der Waals surface area (Å²) in [4.78, 5) is 23.4. The van der Waals surface area contributed by atoms with E-state index in [1.165, 1.54) is 50.4 Å². The number of anilines is 2. The monoisotopic (exact) mass is 537 g/mol. The number of benzene rings is 3. The van der Waals surface area contributed by atoms with Crippen LogP contribution in [0, 0.1) is 24.0 Å². The number of hydrogen-bond acceptors (Lipinski definition) is 6. The summed E-state index contributed by atoms with van der Waals surface area (Å²) in [6.07, 6.45) is 0. The van der Waals surface area contributed by atoms with E-state index in [4.69, 9.17) is 27.9 Å². The van der Waals surface area contributed by atoms with Gasteiger partial charge in [-0.3, -0.25) is 19.2 Å². The lowest BCUT2D eigenvalue weighted by molar-refractivity contribution is -0.385. The molecule has 0 unspecified atom stereocenters. The lowest BCUT2D eigenvalue weighted by Crippen LogP contribution is -2.38. The number of carbonyl (C=O) groups is 1. The normalized spacial score (nSPS) is 11.1. The molecular weight excluding hydrogens is 517 g/mol. The zero-order valence-corrected chi connectivity index (χ0v) is 21.2. The average Bonchev–Trinajstić information content (AvgIpc) is 2.79. The number of nitrogens with one attached hydrogen (secondary N) is 1. The van der Waals surface area contributed by atoms with Crippen molar-refractivity contribution >= 4 is 56.2 Å². The van der Waals surface area contributed by atoms with Crippen LogP contribution in [0.3, 0.4) is 0 Å². The molecule has 3 aromatic carbocycles. The maximum absolute atomic E-state index is 13.7. The molecule has 9 nitrogen and oxygen atoms in total. The molecule has 0 bridgehead atoms. The van der Waals surface area contributed by atoms with Gasteiger partial charge in [0.1, 0.15) is 12.3 Å². The molecule has 1 amide bonds. The third-order valence-corrected chi connectivity index (χ3v) is 7.36. The van der Waals surface area contributed by atoms with Gasteiger partial charge in [-0.2, -0.15) is 0 Å². The molecule has 3 aromatic rings. The van der Waals surface area contributed by atoms with Crippen molar-refractivity contribution in [1.29, 1.82) is 0 Å². The average molecular weight is 538 g/mol. The van der Waals surface area contributed by atoms with Gasteiger partial charge in [0.15, 0.2) is 0 Å². The smallest absolute Gasteiger partial charge is 0.273 e. The van der Waals surface area contributed by atoms with Crippen LogP contribution < -0.4 is 14.4 Å². The quantitative estimate of drug-likeness (QED) is 0.305. The van der Waals surface area contributed by atoms with E-state index in [0.29, 0.717) is 16.3 Å². The van der Waals surface area contributed by atoms with Crippen LogP contribution in [0.25, 0.3) is 0 Å². The van der Waals surface area contributed by atoms with E-state index in [0.717, 1.165) is 10.4 Å². The number of ether oxygens (including phenoxy) is 1. The number of hydrogen-bond donors (Lipinski definition) is 1. The third kappa shape index (κ3) is 5.84. The Morgan fingerprint density at radius 1 is 1.03 bits per heavy atom. The number of amides is 1. The van der Waals surface area contributed by atoms with E-state index >= 15 is 0 Å². The van der Waals surface area contributed by atoms with Crippen molar-refractivity contribution in [2.45, 2.75) is 18.7 Å². The first-order valence-electron chi connectivity index (χ1n) is 10.1. The van der Waals surface area contributed by atoms with E-state index in [-0.39, 0.29) is 32.6 Å². The zero-order valence-electron chi connectivity index (χ0n) is 18.9. The number of aryl methyl sites for hydroxylation is 2. The molecule has 12 heteroatoms. The van der Waals surface area contributed by atoms with Gasteiger partial charge in [-0.25, -0.2) is 8.42 Å². The summed E-state index contributed by atoms with van der Waals surface area (Å²) in [6.45, 7) is 2.58. The van der Waals surface area contributed by atoms with E-state index in [9.17, 15) is 23.3 Å². The molecule has 0 fully saturated rings. The lowest BCUT2D eigenvalue weighted by Gasteiger charge is -2.26. The van der Waals surface area contributed by atoms with Crippen molar-refractivity contribution in [3.8, 4) is 5.75 Å². The Hall–Kier alpha value is -3.34. The number of carbonyl (C=O) groups excluding carboxylic acids is 1. The fourth-order valence-corrected chi connectivity index (χ4v) is 5.06. The topological polar surface area (TPSA) is 119 Å². The maximum atomic E-state index is 13.7. The van der Waals surface area contributed by atoms with Crippen molar-refractivity contribution in [2.75, 3.05) is 23.3 Å². The minimum absolute atomic E-state index is 0.0128. The van der Waals surface area contributed by atoms with Crippen LogP contribution >= 0.6 is 23.2 Å². The number of nitro benzene ring substituents is 1. The Labute approximate surface area is 212 Å². The van der Waals surface area contributed by atoms with E-state index in [1.54, 1.807) is 19.1 Å². The standard InChI is InChI=1S/C23H21Cl2N3O6S/c1-14-4-6-16(24)10-19(14)26-23(29)13-27(21-11-17(25)7-9-22(21)34-3)35(32,33)18-8-5-15(2)20(12-18)28(30)31/h4-12H,13H2,1-3H3,(H,26,29). The van der Waals surface area contributed by atoms with Crippen molar-refractivity contribution < 1.29 is 22.9 Å². The van der Waals surface area contributed by atoms with Gasteiger partial charge < -0.3 is 10.1 Å². The van der Waals surface area contributed by atoms with Crippen LogP contribution in [-0.4, -0.2) is 32.9 Å². The Morgan fingerprint density at radius 3 is 2.31 bits per heavy atom. The molecule has 1 N–H and O–H groups in total. The highest BCUT2D eigenvalue weighted by molar-refractivity contribution is 7.92. The molecule has 0 spiro atoms. The minimum Gasteiger partial charge on any atom is -0.495 e. The van der Waals surface area contributed by atoms with Gasteiger partial charge in [0.2, 0.25) is 5.91 Å². The molecule has 0 saturated heterocycles. The van der Waals surface area contributed by atoms with Crippen molar-refractivity contribution in [2.24, 2.45) is 0 Å². The lowest BCUT2D eigenvalue weighted by atomic mass is 10.2. The summed E-state index contributed by atoms with van der Waals surface area (Å²) >= 11 is 12.1. The van der Waals surface area contributed by atoms with Gasteiger partial charge in [-0.1, -0.05) is 35.3 Å². The molecule has 0 atom stereocenters. The van der Waals surface area contributed by atoms with Crippen molar-refractivity contribution in [3.05, 3.63) is 85.9 Å². The van der Waals surface area contributed by atoms with Gasteiger partial charge in [-0.05, 0) is 55.8 Å². The summed E-state index contributed by atoms with van der Waals surface area (Å²) in [5, 5.41) is 14.6. The Kier molecular flexibility index (Phi) is 7.89. The van der Waals surface area contributed by atoms with Crippen LogP contribution in [0.5, 0.6) is 5.75 Å². The number of halogens is 2. The maximum Gasteiger partial charge on any atom is 0.273 e. The fourth-order valence-electron chi connectivity index (χ4n) is 3.28. The second-order valence-corrected chi connectivity index (χ2v) is 10.3. The van der Waals surface area contributed by atoms with E-state index in [2.05, 4.69) is 5.32 Å². The molecular formula is C23H21Cl2N3O6S. The van der Waals surface area contributed by atoms with Crippen LogP contribution in [0.1, 0.15) is 11.1 Å². The number of methoxy groups -OCH3 is 1. The second-order valence-electron chi connectivity index (χ2n) is 7.54. The summed E-state index contributed by atoms with van der Waals surface area (Å²) < 4.78 is 33.5. The summed E-state index contributed by atoms with van der Waals surface area (Å²) in [6, 6.07) is 12.7. The summed E-state index contributed by atoms with van der Waals surface area (Å²) in [7, 11) is -3.14. The first kappa shape index (κ1) is 26.3. The minimum atomic E-state index is -4.48. The first-order valence-corrected chi connectivity index (χ1v) is 12.3. The first-order chi connectivity index (χ1) is 16.4. The van der Waals surface area contributed by atoms with Gasteiger partial charge >= 0.3 is 0 Å². The fraction of sp³-hybridized carbons (Fsp3) is 0.174. The number of sulfonamides is 1. The molecule has 0 aromatic heterocycles. The molecule has 0 saturated carbocycles. The van der Waals surface area contributed by atoms with Crippen LogP contribution in [-0.2, 0) is 14.8 Å². The second kappa shape index (κ2) is 10.5. The van der Waals surface area contributed by atoms with Crippen LogP contribution in [0.15, 0.2) is 59.5 Å². The molecule has 35 heavy (non-hydrogen) atoms. The third-order valence-electron chi connectivity index (χ3n) is 5.14. The summed E-state index contributed by atoms with van der Waals surface area (Å²) in [5.74, 6) is -0.547.